The van der Waals surface area contributed by atoms with Gasteiger partial charge >= 0.3 is 0 Å². The number of anilines is 2. The van der Waals surface area contributed by atoms with E-state index >= 15 is 0 Å². The Bertz CT molecular complexity index is 542. The summed E-state index contributed by atoms with van der Waals surface area (Å²) < 4.78 is 13.4. The van der Waals surface area contributed by atoms with Gasteiger partial charge in [0.15, 0.2) is 0 Å². The summed E-state index contributed by atoms with van der Waals surface area (Å²) in [4.78, 5) is 7.95. The van der Waals surface area contributed by atoms with Gasteiger partial charge in [-0.25, -0.2) is 14.4 Å². The first-order chi connectivity index (χ1) is 8.04. The molecule has 0 unspecified atom stereocenters. The van der Waals surface area contributed by atoms with Gasteiger partial charge in [0.05, 0.1) is 5.69 Å². The number of phenols is 1. The number of hydrogen-bond acceptors (Lipinski definition) is 4. The minimum atomic E-state index is -0.572. The van der Waals surface area contributed by atoms with Crippen LogP contribution >= 0.6 is 11.6 Å². The molecule has 0 aliphatic carbocycles. The normalized spacial score (nSPS) is 10.3. The molecule has 0 bridgehead atoms. The number of benzene rings is 1. The third-order valence-corrected chi connectivity index (χ3v) is 2.22. The van der Waals surface area contributed by atoms with E-state index in [-0.39, 0.29) is 16.6 Å². The Morgan fingerprint density at radius 1 is 1.29 bits per heavy atom. The van der Waals surface area contributed by atoms with Crippen molar-refractivity contribution in [2.75, 3.05) is 5.32 Å². The molecule has 1 heterocycles. The molecule has 0 fully saturated rings. The average Bonchev–Trinajstić information content (AvgIpc) is 2.21. The lowest BCUT2D eigenvalue weighted by molar-refractivity contribution is 0.469. The van der Waals surface area contributed by atoms with Gasteiger partial charge in [-0.1, -0.05) is 11.6 Å². The highest BCUT2D eigenvalue weighted by molar-refractivity contribution is 6.29. The molecule has 0 saturated heterocycles. The second-order valence-electron chi connectivity index (χ2n) is 3.41. The molecule has 0 atom stereocenters. The Hall–Kier alpha value is -1.88. The van der Waals surface area contributed by atoms with Crippen LogP contribution in [0.3, 0.4) is 0 Å². The first-order valence-corrected chi connectivity index (χ1v) is 5.19. The number of aryl methyl sites for hydroxylation is 1. The summed E-state index contributed by atoms with van der Waals surface area (Å²) in [5.74, 6) is 0.175. The zero-order valence-corrected chi connectivity index (χ0v) is 9.66. The molecule has 88 valence electrons. The minimum absolute atomic E-state index is 0.134. The van der Waals surface area contributed by atoms with Crippen LogP contribution in [-0.4, -0.2) is 15.1 Å². The topological polar surface area (TPSA) is 58.0 Å². The van der Waals surface area contributed by atoms with Crippen LogP contribution in [-0.2, 0) is 0 Å². The number of nitrogens with zero attached hydrogens (tertiary/aromatic N) is 2. The van der Waals surface area contributed by atoms with E-state index < -0.39 is 5.82 Å². The van der Waals surface area contributed by atoms with Crippen molar-refractivity contribution >= 4 is 23.1 Å². The number of nitrogens with one attached hydrogen (secondary N) is 1. The molecule has 0 amide bonds. The van der Waals surface area contributed by atoms with Crippen LogP contribution in [0, 0.1) is 12.7 Å². The van der Waals surface area contributed by atoms with E-state index in [0.717, 1.165) is 6.07 Å². The van der Waals surface area contributed by atoms with Crippen molar-refractivity contribution in [1.82, 2.24) is 9.97 Å². The molecule has 0 spiro atoms. The molecule has 0 radical (unpaired) electrons. The van der Waals surface area contributed by atoms with Gasteiger partial charge in [-0.3, -0.25) is 0 Å². The predicted molar refractivity (Wildman–Crippen MR) is 63.1 cm³/mol. The monoisotopic (exact) mass is 253 g/mol. The van der Waals surface area contributed by atoms with Crippen LogP contribution in [0.25, 0.3) is 0 Å². The molecule has 0 aliphatic heterocycles. The maximum absolute atomic E-state index is 13.4. The fraction of sp³-hybridized carbons (Fsp3) is 0.0909. The SMILES string of the molecule is Cc1nc(Cl)cc(Nc2ccc(O)cc2F)n1. The largest absolute Gasteiger partial charge is 0.508 e. The lowest BCUT2D eigenvalue weighted by Gasteiger charge is -2.07. The Kier molecular flexibility index (Phi) is 3.10. The third kappa shape index (κ3) is 2.82. The number of rotatable bonds is 2. The van der Waals surface area contributed by atoms with Gasteiger partial charge in [0.25, 0.3) is 0 Å². The van der Waals surface area contributed by atoms with Crippen molar-refractivity contribution in [3.05, 3.63) is 41.1 Å². The Labute approximate surface area is 102 Å². The van der Waals surface area contributed by atoms with E-state index in [0.29, 0.717) is 11.6 Å². The summed E-state index contributed by atoms with van der Waals surface area (Å²) >= 11 is 5.76. The fourth-order valence-corrected chi connectivity index (χ4v) is 1.56. The molecule has 6 heteroatoms. The summed E-state index contributed by atoms with van der Waals surface area (Å²) in [6.45, 7) is 1.68. The van der Waals surface area contributed by atoms with Crippen LogP contribution in [0.4, 0.5) is 15.9 Å². The highest BCUT2D eigenvalue weighted by Gasteiger charge is 2.05. The van der Waals surface area contributed by atoms with E-state index in [2.05, 4.69) is 15.3 Å². The first-order valence-electron chi connectivity index (χ1n) is 4.81. The Morgan fingerprint density at radius 2 is 2.06 bits per heavy atom. The number of hydrogen-bond donors (Lipinski definition) is 2. The number of halogens is 2. The van der Waals surface area contributed by atoms with Crippen molar-refractivity contribution in [3.63, 3.8) is 0 Å². The van der Waals surface area contributed by atoms with Crippen molar-refractivity contribution in [1.29, 1.82) is 0 Å². The maximum atomic E-state index is 13.4. The third-order valence-electron chi connectivity index (χ3n) is 2.02. The van der Waals surface area contributed by atoms with Crippen LogP contribution in [0.1, 0.15) is 5.82 Å². The van der Waals surface area contributed by atoms with Gasteiger partial charge in [-0.05, 0) is 19.1 Å². The van der Waals surface area contributed by atoms with Crippen molar-refractivity contribution in [2.24, 2.45) is 0 Å². The summed E-state index contributed by atoms with van der Waals surface area (Å²) in [5, 5.41) is 12.1. The molecular weight excluding hydrogens is 245 g/mol. The molecule has 2 aromatic rings. The lowest BCUT2D eigenvalue weighted by Crippen LogP contribution is -1.98. The van der Waals surface area contributed by atoms with Crippen LogP contribution in [0.15, 0.2) is 24.3 Å². The lowest BCUT2D eigenvalue weighted by atomic mass is 10.3. The van der Waals surface area contributed by atoms with Crippen molar-refractivity contribution in [2.45, 2.75) is 6.92 Å². The summed E-state index contributed by atoms with van der Waals surface area (Å²) in [5.41, 5.74) is 0.206. The minimum Gasteiger partial charge on any atom is -0.508 e. The Morgan fingerprint density at radius 3 is 2.71 bits per heavy atom. The van der Waals surface area contributed by atoms with E-state index in [4.69, 9.17) is 16.7 Å². The highest BCUT2D eigenvalue weighted by atomic mass is 35.5. The number of phenolic OH excluding ortho intramolecular Hbond substituents is 1. The fourth-order valence-electron chi connectivity index (χ4n) is 1.34. The van der Waals surface area contributed by atoms with Gasteiger partial charge in [-0.2, -0.15) is 0 Å². The second kappa shape index (κ2) is 4.55. The first kappa shape index (κ1) is 11.6. The zero-order valence-electron chi connectivity index (χ0n) is 8.91. The predicted octanol–water partition coefficient (Wildman–Crippen LogP) is 3.03. The van der Waals surface area contributed by atoms with Crippen LogP contribution < -0.4 is 5.32 Å². The molecule has 0 aliphatic rings. The molecule has 17 heavy (non-hydrogen) atoms. The number of aromatic hydroxyl groups is 1. The summed E-state index contributed by atoms with van der Waals surface area (Å²) in [7, 11) is 0. The van der Waals surface area contributed by atoms with Gasteiger partial charge in [-0.15, -0.1) is 0 Å². The molecule has 4 nitrogen and oxygen atoms in total. The van der Waals surface area contributed by atoms with E-state index in [1.54, 1.807) is 6.92 Å². The Balaban J connectivity index is 2.31. The van der Waals surface area contributed by atoms with Crippen LogP contribution in [0.2, 0.25) is 5.15 Å². The summed E-state index contributed by atoms with van der Waals surface area (Å²) in [6.07, 6.45) is 0. The van der Waals surface area contributed by atoms with Gasteiger partial charge in [0.2, 0.25) is 0 Å². The van der Waals surface area contributed by atoms with Gasteiger partial charge in [0, 0.05) is 12.1 Å². The van der Waals surface area contributed by atoms with Crippen LogP contribution in [0.5, 0.6) is 5.75 Å². The smallest absolute Gasteiger partial charge is 0.150 e. The van der Waals surface area contributed by atoms with Crippen molar-refractivity contribution < 1.29 is 9.50 Å². The zero-order chi connectivity index (χ0) is 12.4. The van der Waals surface area contributed by atoms with E-state index in [1.165, 1.54) is 18.2 Å². The highest BCUT2D eigenvalue weighted by Crippen LogP contribution is 2.23. The molecular formula is C11H9ClFN3O. The molecule has 1 aromatic carbocycles. The summed E-state index contributed by atoms with van der Waals surface area (Å²) in [6, 6.07) is 5.29. The molecule has 2 N–H and O–H groups in total. The van der Waals surface area contributed by atoms with Gasteiger partial charge in [0.1, 0.15) is 28.4 Å². The average molecular weight is 254 g/mol. The quantitative estimate of drug-likeness (QED) is 0.638. The van der Waals surface area contributed by atoms with E-state index in [9.17, 15) is 4.39 Å². The maximum Gasteiger partial charge on any atom is 0.150 e. The van der Waals surface area contributed by atoms with E-state index in [1.807, 2.05) is 0 Å². The second-order valence-corrected chi connectivity index (χ2v) is 3.80. The number of aromatic nitrogens is 2. The molecule has 1 aromatic heterocycles. The van der Waals surface area contributed by atoms with Crippen molar-refractivity contribution in [3.8, 4) is 5.75 Å². The molecule has 0 saturated carbocycles. The van der Waals surface area contributed by atoms with Gasteiger partial charge < -0.3 is 10.4 Å². The standard InChI is InChI=1S/C11H9ClFN3O/c1-6-14-10(12)5-11(15-6)16-9-3-2-7(17)4-8(9)13/h2-5,17H,1H3,(H,14,15,16). The molecule has 2 rings (SSSR count).